The summed E-state index contributed by atoms with van der Waals surface area (Å²) in [5, 5.41) is 3.45. The maximum Gasteiger partial charge on any atom is 0.229 e. The van der Waals surface area contributed by atoms with Crippen molar-refractivity contribution in [2.45, 2.75) is 33.1 Å². The van der Waals surface area contributed by atoms with E-state index in [0.29, 0.717) is 19.1 Å². The van der Waals surface area contributed by atoms with E-state index in [4.69, 9.17) is 4.74 Å². The van der Waals surface area contributed by atoms with Crippen LogP contribution in [0.25, 0.3) is 0 Å². The lowest BCUT2D eigenvalue weighted by Gasteiger charge is -2.29. The summed E-state index contributed by atoms with van der Waals surface area (Å²) in [5.74, 6) is 0.842. The summed E-state index contributed by atoms with van der Waals surface area (Å²) in [6, 6.07) is 6.22. The molecule has 1 aliphatic heterocycles. The Hall–Kier alpha value is -1.55. The SMILES string of the molecule is COCN1C(=O)CCc2cc(NCCC(C)C)ccc21. The number of nitrogens with zero attached hydrogens (tertiary/aromatic N) is 1. The number of carbonyl (C=O) groups excluding carboxylic acids is 1. The molecule has 0 spiro atoms. The molecule has 4 heteroatoms. The number of ether oxygens (including phenoxy) is 1. The molecule has 20 heavy (non-hydrogen) atoms. The van der Waals surface area contributed by atoms with Crippen molar-refractivity contribution in [1.82, 2.24) is 0 Å². The molecule has 1 aliphatic rings. The Morgan fingerprint density at radius 2 is 2.15 bits per heavy atom. The smallest absolute Gasteiger partial charge is 0.229 e. The van der Waals surface area contributed by atoms with E-state index in [1.807, 2.05) is 12.1 Å². The molecule has 4 nitrogen and oxygen atoms in total. The van der Waals surface area contributed by atoms with Crippen molar-refractivity contribution in [3.63, 3.8) is 0 Å². The first-order chi connectivity index (χ1) is 9.61. The number of carbonyl (C=O) groups is 1. The van der Waals surface area contributed by atoms with Gasteiger partial charge in [-0.2, -0.15) is 0 Å². The molecule has 1 aromatic carbocycles. The molecule has 1 aromatic rings. The topological polar surface area (TPSA) is 41.6 Å². The molecule has 0 unspecified atom stereocenters. The summed E-state index contributed by atoms with van der Waals surface area (Å²) < 4.78 is 5.12. The second-order valence-electron chi connectivity index (χ2n) is 5.69. The van der Waals surface area contributed by atoms with E-state index >= 15 is 0 Å². The van der Waals surface area contributed by atoms with Gasteiger partial charge in [0.2, 0.25) is 5.91 Å². The standard InChI is InChI=1S/C16H24N2O2/c1-12(2)8-9-17-14-5-6-15-13(10-14)4-7-16(19)18(15)11-20-3/h5-6,10,12,17H,4,7-9,11H2,1-3H3. The van der Waals surface area contributed by atoms with Crippen LogP contribution >= 0.6 is 0 Å². The van der Waals surface area contributed by atoms with Crippen LogP contribution < -0.4 is 10.2 Å². The molecule has 2 rings (SSSR count). The lowest BCUT2D eigenvalue weighted by Crippen LogP contribution is -2.36. The Balaban J connectivity index is 2.09. The zero-order valence-corrected chi connectivity index (χ0v) is 12.6. The summed E-state index contributed by atoms with van der Waals surface area (Å²) in [6.07, 6.45) is 2.53. The average Bonchev–Trinajstić information content (AvgIpc) is 2.42. The van der Waals surface area contributed by atoms with Crippen LogP contribution in [0.15, 0.2) is 18.2 Å². The van der Waals surface area contributed by atoms with Crippen LogP contribution in [0.5, 0.6) is 0 Å². The number of rotatable bonds is 6. The third kappa shape index (κ3) is 3.51. The average molecular weight is 276 g/mol. The highest BCUT2D eigenvalue weighted by molar-refractivity contribution is 5.96. The number of methoxy groups -OCH3 is 1. The van der Waals surface area contributed by atoms with E-state index in [0.717, 1.165) is 30.8 Å². The lowest BCUT2D eigenvalue weighted by atomic mass is 10.0. The molecule has 1 heterocycles. The second-order valence-corrected chi connectivity index (χ2v) is 5.69. The van der Waals surface area contributed by atoms with Gasteiger partial charge in [0, 0.05) is 31.5 Å². The molecule has 0 aromatic heterocycles. The van der Waals surface area contributed by atoms with Gasteiger partial charge in [-0.1, -0.05) is 13.8 Å². The monoisotopic (exact) mass is 276 g/mol. The summed E-state index contributed by atoms with van der Waals surface area (Å²) in [7, 11) is 1.61. The minimum Gasteiger partial charge on any atom is -0.385 e. The van der Waals surface area contributed by atoms with E-state index in [1.54, 1.807) is 12.0 Å². The van der Waals surface area contributed by atoms with Crippen LogP contribution in [0.4, 0.5) is 11.4 Å². The van der Waals surface area contributed by atoms with E-state index in [2.05, 4.69) is 25.2 Å². The van der Waals surface area contributed by atoms with Gasteiger partial charge < -0.3 is 10.1 Å². The van der Waals surface area contributed by atoms with Gasteiger partial charge in [-0.3, -0.25) is 9.69 Å². The van der Waals surface area contributed by atoms with Gasteiger partial charge in [0.05, 0.1) is 0 Å². The van der Waals surface area contributed by atoms with Crippen molar-refractivity contribution in [3.8, 4) is 0 Å². The number of anilines is 2. The van der Waals surface area contributed by atoms with Gasteiger partial charge >= 0.3 is 0 Å². The maximum absolute atomic E-state index is 11.9. The largest absolute Gasteiger partial charge is 0.385 e. The van der Waals surface area contributed by atoms with Crippen molar-refractivity contribution in [3.05, 3.63) is 23.8 Å². The van der Waals surface area contributed by atoms with Gasteiger partial charge in [0.1, 0.15) is 6.73 Å². The Labute approximate surface area is 121 Å². The van der Waals surface area contributed by atoms with Crippen LogP contribution in [-0.2, 0) is 16.0 Å². The normalized spacial score (nSPS) is 14.6. The number of hydrogen-bond acceptors (Lipinski definition) is 3. The first-order valence-corrected chi connectivity index (χ1v) is 7.28. The quantitative estimate of drug-likeness (QED) is 0.868. The van der Waals surface area contributed by atoms with Gasteiger partial charge in [-0.25, -0.2) is 0 Å². The first-order valence-electron chi connectivity index (χ1n) is 7.28. The summed E-state index contributed by atoms with van der Waals surface area (Å²) >= 11 is 0. The third-order valence-corrected chi connectivity index (χ3v) is 3.59. The number of hydrogen-bond donors (Lipinski definition) is 1. The van der Waals surface area contributed by atoms with E-state index < -0.39 is 0 Å². The number of fused-ring (bicyclic) bond motifs is 1. The number of nitrogens with one attached hydrogen (secondary N) is 1. The highest BCUT2D eigenvalue weighted by Crippen LogP contribution is 2.30. The zero-order valence-electron chi connectivity index (χ0n) is 12.6. The lowest BCUT2D eigenvalue weighted by molar-refractivity contribution is -0.119. The molecule has 110 valence electrons. The molecule has 0 saturated heterocycles. The summed E-state index contributed by atoms with van der Waals surface area (Å²) in [6.45, 7) is 5.76. The highest BCUT2D eigenvalue weighted by Gasteiger charge is 2.23. The zero-order chi connectivity index (χ0) is 14.5. The van der Waals surface area contributed by atoms with E-state index in [1.165, 1.54) is 5.56 Å². The van der Waals surface area contributed by atoms with E-state index in [9.17, 15) is 4.79 Å². The third-order valence-electron chi connectivity index (χ3n) is 3.59. The molecule has 1 amide bonds. The maximum atomic E-state index is 11.9. The predicted molar refractivity (Wildman–Crippen MR) is 82.1 cm³/mol. The Bertz CT molecular complexity index is 472. The van der Waals surface area contributed by atoms with Crippen LogP contribution in [0, 0.1) is 5.92 Å². The molecular formula is C16H24N2O2. The molecule has 0 fully saturated rings. The molecule has 0 saturated carbocycles. The second kappa shape index (κ2) is 6.75. The van der Waals surface area contributed by atoms with Gasteiger partial charge in [-0.05, 0) is 42.5 Å². The number of aryl methyl sites for hydroxylation is 1. The fourth-order valence-electron chi connectivity index (χ4n) is 2.45. The van der Waals surface area contributed by atoms with E-state index in [-0.39, 0.29) is 5.91 Å². The van der Waals surface area contributed by atoms with Crippen molar-refractivity contribution in [1.29, 1.82) is 0 Å². The fourth-order valence-corrected chi connectivity index (χ4v) is 2.45. The van der Waals surface area contributed by atoms with Crippen LogP contribution in [0.3, 0.4) is 0 Å². The Kier molecular flexibility index (Phi) is 5.01. The van der Waals surface area contributed by atoms with Crippen molar-refractivity contribution in [2.24, 2.45) is 5.92 Å². The van der Waals surface area contributed by atoms with Crippen LogP contribution in [0.1, 0.15) is 32.3 Å². The fraction of sp³-hybridized carbons (Fsp3) is 0.562. The van der Waals surface area contributed by atoms with Crippen LogP contribution in [0.2, 0.25) is 0 Å². The number of amides is 1. The minimum atomic E-state index is 0.139. The minimum absolute atomic E-state index is 0.139. The predicted octanol–water partition coefficient (Wildman–Crippen LogP) is 3.03. The van der Waals surface area contributed by atoms with Crippen LogP contribution in [-0.4, -0.2) is 26.3 Å². The molecule has 0 radical (unpaired) electrons. The highest BCUT2D eigenvalue weighted by atomic mass is 16.5. The van der Waals surface area contributed by atoms with Crippen molar-refractivity contribution in [2.75, 3.05) is 30.6 Å². The number of benzene rings is 1. The van der Waals surface area contributed by atoms with Crippen molar-refractivity contribution >= 4 is 17.3 Å². The van der Waals surface area contributed by atoms with Gasteiger partial charge in [-0.15, -0.1) is 0 Å². The molecule has 0 bridgehead atoms. The molecule has 0 aliphatic carbocycles. The molecule has 1 N–H and O–H groups in total. The van der Waals surface area contributed by atoms with Crippen molar-refractivity contribution < 1.29 is 9.53 Å². The Morgan fingerprint density at radius 1 is 1.35 bits per heavy atom. The first kappa shape index (κ1) is 14.9. The molecular weight excluding hydrogens is 252 g/mol. The summed E-state index contributed by atoms with van der Waals surface area (Å²) in [4.78, 5) is 13.6. The Morgan fingerprint density at radius 3 is 2.85 bits per heavy atom. The summed E-state index contributed by atoms with van der Waals surface area (Å²) in [5.41, 5.74) is 3.34. The van der Waals surface area contributed by atoms with Gasteiger partial charge in [0.15, 0.2) is 0 Å². The molecule has 0 atom stereocenters. The van der Waals surface area contributed by atoms with Gasteiger partial charge in [0.25, 0.3) is 0 Å².